The fourth-order valence-electron chi connectivity index (χ4n) is 3.00. The van der Waals surface area contributed by atoms with Gasteiger partial charge in [0.05, 0.1) is 18.2 Å². The van der Waals surface area contributed by atoms with Crippen LogP contribution in [-0.4, -0.2) is 38.8 Å². The average Bonchev–Trinajstić information content (AvgIpc) is 2.89. The molecule has 4 rings (SSSR count). The summed E-state index contributed by atoms with van der Waals surface area (Å²) < 4.78 is 11.9. The van der Waals surface area contributed by atoms with Crippen molar-refractivity contribution >= 4 is 45.3 Å². The molecule has 0 saturated carbocycles. The first-order chi connectivity index (χ1) is 12.6. The zero-order valence-electron chi connectivity index (χ0n) is 14.8. The first-order valence-corrected chi connectivity index (χ1v) is 9.74. The monoisotopic (exact) mass is 385 g/mol. The van der Waals surface area contributed by atoms with Crippen molar-refractivity contribution in [3.63, 3.8) is 0 Å². The predicted octanol–water partition coefficient (Wildman–Crippen LogP) is 3.68. The lowest BCUT2D eigenvalue weighted by molar-refractivity contribution is 0.140. The third kappa shape index (κ3) is 3.42. The van der Waals surface area contributed by atoms with Gasteiger partial charge in [0.15, 0.2) is 5.58 Å². The molecular weight excluding hydrogens is 366 g/mol. The normalized spacial score (nSPS) is 16.1. The molecule has 5 heteroatoms. The molecule has 0 spiro atoms. The fourth-order valence-corrected chi connectivity index (χ4v) is 4.32. The lowest BCUT2D eigenvalue weighted by Gasteiger charge is -2.16. The van der Waals surface area contributed by atoms with E-state index in [4.69, 9.17) is 20.8 Å². The molecule has 0 unspecified atom stereocenters. The van der Waals surface area contributed by atoms with Gasteiger partial charge >= 0.3 is 0 Å². The maximum absolute atomic E-state index is 6.34. The number of para-hydroxylation sites is 1. The number of ether oxygens (including phenoxy) is 1. The van der Waals surface area contributed by atoms with Crippen molar-refractivity contribution < 1.29 is 9.15 Å². The van der Waals surface area contributed by atoms with Crippen LogP contribution in [0.4, 0.5) is 0 Å². The van der Waals surface area contributed by atoms with Gasteiger partial charge in [0.2, 0.25) is 0 Å². The van der Waals surface area contributed by atoms with Gasteiger partial charge in [-0.05, 0) is 37.9 Å². The van der Waals surface area contributed by atoms with E-state index >= 15 is 0 Å². The van der Waals surface area contributed by atoms with Crippen LogP contribution in [0.3, 0.4) is 0 Å². The maximum Gasteiger partial charge on any atom is 0.154 e. The van der Waals surface area contributed by atoms with Gasteiger partial charge in [-0.25, -0.2) is 0 Å². The Morgan fingerprint density at radius 2 is 2.08 bits per heavy atom. The number of allylic oxidation sites excluding steroid dienone is 4. The lowest BCUT2D eigenvalue weighted by atomic mass is 10.1. The molecule has 3 nitrogen and oxygen atoms in total. The van der Waals surface area contributed by atoms with Crippen LogP contribution in [0.25, 0.3) is 22.0 Å². The van der Waals surface area contributed by atoms with E-state index in [1.165, 1.54) is 15.4 Å². The van der Waals surface area contributed by atoms with E-state index in [0.717, 1.165) is 34.8 Å². The first-order valence-electron chi connectivity index (χ1n) is 8.55. The quantitative estimate of drug-likeness (QED) is 0.733. The number of benzene rings is 1. The van der Waals surface area contributed by atoms with E-state index in [1.54, 1.807) is 11.8 Å². The van der Waals surface area contributed by atoms with E-state index < -0.39 is 0 Å². The molecule has 0 fully saturated rings. The Balaban J connectivity index is 1.73. The maximum atomic E-state index is 6.34. The van der Waals surface area contributed by atoms with Crippen molar-refractivity contribution in [2.75, 3.05) is 33.9 Å². The first kappa shape index (κ1) is 17.7. The molecule has 2 aliphatic rings. The summed E-state index contributed by atoms with van der Waals surface area (Å²) in [5.74, 6) is 0. The number of halogens is 1. The number of furan rings is 1. The molecule has 2 heterocycles. The Hall–Kier alpha value is -1.72. The van der Waals surface area contributed by atoms with E-state index in [9.17, 15) is 0 Å². The third-order valence-electron chi connectivity index (χ3n) is 4.32. The molecule has 0 N–H and O–H groups in total. The highest BCUT2D eigenvalue weighted by molar-refractivity contribution is 8.11. The summed E-state index contributed by atoms with van der Waals surface area (Å²) in [5, 5.41) is 2.81. The highest BCUT2D eigenvalue weighted by Gasteiger charge is 2.18. The summed E-state index contributed by atoms with van der Waals surface area (Å²) in [6.07, 6.45) is 10.4. The second kappa shape index (κ2) is 7.49. The Morgan fingerprint density at radius 3 is 2.92 bits per heavy atom. The van der Waals surface area contributed by atoms with Crippen LogP contribution in [0.15, 0.2) is 57.4 Å². The van der Waals surface area contributed by atoms with Gasteiger partial charge in [-0.2, -0.15) is 0 Å². The second-order valence-corrected chi connectivity index (χ2v) is 8.07. The van der Waals surface area contributed by atoms with Gasteiger partial charge in [-0.15, -0.1) is 0 Å². The van der Waals surface area contributed by atoms with E-state index in [2.05, 4.69) is 29.2 Å². The Labute approximate surface area is 161 Å². The number of fused-ring (bicyclic) bond motifs is 4. The minimum atomic E-state index is 0.616. The largest absolute Gasteiger partial charge is 0.454 e. The second-order valence-electron chi connectivity index (χ2n) is 6.53. The molecule has 1 aliphatic carbocycles. The minimum absolute atomic E-state index is 0.616. The number of likely N-dealkylation sites (N-methyl/N-ethyl adjacent to an activating group) is 1. The van der Waals surface area contributed by atoms with Crippen LogP contribution >= 0.6 is 23.4 Å². The van der Waals surface area contributed by atoms with E-state index in [-0.39, 0.29) is 0 Å². The van der Waals surface area contributed by atoms with Crippen molar-refractivity contribution in [1.82, 2.24) is 4.90 Å². The molecule has 0 radical (unpaired) electrons. The Kier molecular flexibility index (Phi) is 5.09. The van der Waals surface area contributed by atoms with E-state index in [1.807, 2.05) is 38.4 Å². The molecule has 26 heavy (non-hydrogen) atoms. The molecule has 0 saturated heterocycles. The fraction of sp³-hybridized carbons (Fsp3) is 0.238. The summed E-state index contributed by atoms with van der Waals surface area (Å²) in [6.45, 7) is 2.26. The van der Waals surface area contributed by atoms with Crippen molar-refractivity contribution in [2.45, 2.75) is 0 Å². The van der Waals surface area contributed by atoms with Crippen LogP contribution in [-0.2, 0) is 4.74 Å². The number of hydrogen-bond donors (Lipinski definition) is 0. The molecule has 0 atom stereocenters. The molecular formula is C21H20ClNO2S. The number of nitrogens with zero attached hydrogens (tertiary/aromatic N) is 1. The predicted molar refractivity (Wildman–Crippen MR) is 111 cm³/mol. The molecule has 0 amide bonds. The Morgan fingerprint density at radius 1 is 1.19 bits per heavy atom. The summed E-state index contributed by atoms with van der Waals surface area (Å²) in [6, 6.07) is 5.90. The van der Waals surface area contributed by atoms with Crippen LogP contribution in [0, 0.1) is 0 Å². The van der Waals surface area contributed by atoms with Crippen LogP contribution in [0.5, 0.6) is 0 Å². The van der Waals surface area contributed by atoms with E-state index in [0.29, 0.717) is 11.6 Å². The van der Waals surface area contributed by atoms with Gasteiger partial charge in [0.25, 0.3) is 0 Å². The summed E-state index contributed by atoms with van der Waals surface area (Å²) >= 11 is 8.09. The Bertz CT molecular complexity index is 1060. The summed E-state index contributed by atoms with van der Waals surface area (Å²) in [5.41, 5.74) is 2.78. The highest BCUT2D eigenvalue weighted by Crippen LogP contribution is 2.37. The summed E-state index contributed by atoms with van der Waals surface area (Å²) in [7, 11) is 4.10. The smallest absolute Gasteiger partial charge is 0.154 e. The zero-order chi connectivity index (χ0) is 18.1. The average molecular weight is 386 g/mol. The minimum Gasteiger partial charge on any atom is -0.454 e. The molecule has 1 aliphatic heterocycles. The number of rotatable bonds is 5. The van der Waals surface area contributed by atoms with Crippen LogP contribution in [0.1, 0.15) is 0 Å². The van der Waals surface area contributed by atoms with Gasteiger partial charge in [0.1, 0.15) is 5.42 Å². The van der Waals surface area contributed by atoms with Crippen LogP contribution in [0.2, 0.25) is 5.02 Å². The van der Waals surface area contributed by atoms with Crippen molar-refractivity contribution in [1.29, 1.82) is 0 Å². The molecule has 2 aromatic rings. The SMILES string of the molecule is CN(C)CCOCC1=CC=C2C=CC=c3oc4c(Cl)cccc4c3=C2S1. The molecule has 1 aromatic heterocycles. The van der Waals surface area contributed by atoms with Crippen molar-refractivity contribution in [3.05, 3.63) is 68.6 Å². The van der Waals surface area contributed by atoms with Gasteiger partial charge in [-0.3, -0.25) is 0 Å². The van der Waals surface area contributed by atoms with Gasteiger partial charge in [-0.1, -0.05) is 53.7 Å². The summed E-state index contributed by atoms with van der Waals surface area (Å²) in [4.78, 5) is 4.51. The standard InChI is InChI=1S/C21H20ClNO2S/c1-23(2)11-12-24-13-15-10-9-14-5-3-8-18-19(21(14)26-15)16-6-4-7-17(22)20(16)25-18/h3-10H,11-13H2,1-2H3. The molecule has 134 valence electrons. The molecule has 0 bridgehead atoms. The topological polar surface area (TPSA) is 25.6 Å². The van der Waals surface area contributed by atoms with Gasteiger partial charge < -0.3 is 14.1 Å². The lowest BCUT2D eigenvalue weighted by Crippen LogP contribution is -2.22. The third-order valence-corrected chi connectivity index (χ3v) is 5.77. The molecule has 1 aromatic carbocycles. The number of thioether (sulfide) groups is 1. The van der Waals surface area contributed by atoms with Crippen molar-refractivity contribution in [2.24, 2.45) is 0 Å². The zero-order valence-corrected chi connectivity index (χ0v) is 16.4. The number of hydrogen-bond acceptors (Lipinski definition) is 4. The highest BCUT2D eigenvalue weighted by atomic mass is 35.5. The van der Waals surface area contributed by atoms with Gasteiger partial charge in [0, 0.05) is 27.0 Å². The van der Waals surface area contributed by atoms with Crippen LogP contribution < -0.4 is 10.6 Å². The van der Waals surface area contributed by atoms with Crippen molar-refractivity contribution in [3.8, 4) is 0 Å².